The van der Waals surface area contributed by atoms with Crippen molar-refractivity contribution in [3.63, 3.8) is 0 Å². The summed E-state index contributed by atoms with van der Waals surface area (Å²) in [5.74, 6) is -0.479. The van der Waals surface area contributed by atoms with Crippen molar-refractivity contribution in [3.05, 3.63) is 71.7 Å². The van der Waals surface area contributed by atoms with Crippen molar-refractivity contribution >= 4 is 17.5 Å². The van der Waals surface area contributed by atoms with Gasteiger partial charge in [0.2, 0.25) is 5.95 Å². The molecule has 4 rings (SSSR count). The summed E-state index contributed by atoms with van der Waals surface area (Å²) in [6.45, 7) is 1.95. The Hall–Kier alpha value is -4.15. The van der Waals surface area contributed by atoms with Crippen LogP contribution in [0.4, 0.5) is 19.1 Å². The van der Waals surface area contributed by atoms with Crippen LogP contribution in [0.5, 0.6) is 5.75 Å². The van der Waals surface area contributed by atoms with Gasteiger partial charge in [-0.1, -0.05) is 12.1 Å². The second kappa shape index (κ2) is 8.77. The van der Waals surface area contributed by atoms with Gasteiger partial charge in [-0.15, -0.1) is 18.3 Å². The minimum absolute atomic E-state index is 0.157. The highest BCUT2D eigenvalue weighted by Crippen LogP contribution is 2.24. The third kappa shape index (κ3) is 5.37. The third-order valence-electron chi connectivity index (χ3n) is 4.85. The zero-order chi connectivity index (χ0) is 23.6. The van der Waals surface area contributed by atoms with Gasteiger partial charge < -0.3 is 15.8 Å². The van der Waals surface area contributed by atoms with Crippen LogP contribution in [0.2, 0.25) is 0 Å². The standard InChI is InChI=1S/C22H19F3N6O2/c1-13-18(10-16(12-28-13)15-6-8-31-19(11-15)29-21(26)30-31)20(32)27-7-5-14-3-2-4-17(9-14)33-22(23,24)25/h2-4,6,8-12H,5,7H2,1H3,(H2,26,30)(H,27,32). The van der Waals surface area contributed by atoms with E-state index in [1.807, 2.05) is 6.07 Å². The van der Waals surface area contributed by atoms with Crippen LogP contribution in [0.1, 0.15) is 21.6 Å². The molecule has 0 spiro atoms. The molecule has 0 atom stereocenters. The second-order valence-corrected chi connectivity index (χ2v) is 7.25. The number of ether oxygens (including phenoxy) is 1. The molecule has 3 heterocycles. The number of aromatic nitrogens is 4. The molecule has 11 heteroatoms. The number of aryl methyl sites for hydroxylation is 1. The lowest BCUT2D eigenvalue weighted by Gasteiger charge is -2.11. The number of nitrogens with zero attached hydrogens (tertiary/aromatic N) is 4. The first-order valence-corrected chi connectivity index (χ1v) is 9.90. The first kappa shape index (κ1) is 22.1. The quantitative estimate of drug-likeness (QED) is 0.460. The molecule has 3 N–H and O–H groups in total. The van der Waals surface area contributed by atoms with Gasteiger partial charge >= 0.3 is 6.36 Å². The summed E-state index contributed by atoms with van der Waals surface area (Å²) in [6, 6.07) is 11.0. The van der Waals surface area contributed by atoms with E-state index in [1.54, 1.807) is 42.0 Å². The van der Waals surface area contributed by atoms with E-state index in [-0.39, 0.29) is 24.1 Å². The van der Waals surface area contributed by atoms with Crippen LogP contribution in [0.25, 0.3) is 16.8 Å². The number of nitrogens with one attached hydrogen (secondary N) is 1. The average molecular weight is 456 g/mol. The van der Waals surface area contributed by atoms with Crippen LogP contribution in [-0.4, -0.2) is 38.4 Å². The van der Waals surface area contributed by atoms with Gasteiger partial charge in [0, 0.05) is 24.5 Å². The lowest BCUT2D eigenvalue weighted by atomic mass is 10.0. The van der Waals surface area contributed by atoms with Crippen molar-refractivity contribution in [2.24, 2.45) is 0 Å². The Labute approximate surface area is 186 Å². The van der Waals surface area contributed by atoms with Gasteiger partial charge in [-0.3, -0.25) is 9.78 Å². The minimum Gasteiger partial charge on any atom is -0.406 e. The number of fused-ring (bicyclic) bond motifs is 1. The number of benzene rings is 1. The zero-order valence-electron chi connectivity index (χ0n) is 17.4. The van der Waals surface area contributed by atoms with Crippen molar-refractivity contribution in [1.29, 1.82) is 0 Å². The summed E-state index contributed by atoms with van der Waals surface area (Å²) in [4.78, 5) is 21.2. The fourth-order valence-electron chi connectivity index (χ4n) is 3.31. The van der Waals surface area contributed by atoms with Gasteiger partial charge in [0.05, 0.1) is 11.3 Å². The fraction of sp³-hybridized carbons (Fsp3) is 0.182. The van der Waals surface area contributed by atoms with Crippen molar-refractivity contribution < 1.29 is 22.7 Å². The topological polar surface area (TPSA) is 107 Å². The van der Waals surface area contributed by atoms with Gasteiger partial charge in [-0.25, -0.2) is 4.52 Å². The maximum Gasteiger partial charge on any atom is 0.573 e. The molecule has 0 saturated heterocycles. The molecule has 0 unspecified atom stereocenters. The van der Waals surface area contributed by atoms with Crippen LogP contribution >= 0.6 is 0 Å². The van der Waals surface area contributed by atoms with Crippen molar-refractivity contribution in [3.8, 4) is 16.9 Å². The summed E-state index contributed by atoms with van der Waals surface area (Å²) >= 11 is 0. The number of pyridine rings is 2. The molecule has 170 valence electrons. The first-order chi connectivity index (χ1) is 15.7. The zero-order valence-corrected chi connectivity index (χ0v) is 17.4. The molecule has 3 aromatic heterocycles. The van der Waals surface area contributed by atoms with E-state index in [2.05, 4.69) is 25.1 Å². The average Bonchev–Trinajstić information content (AvgIpc) is 3.12. The summed E-state index contributed by atoms with van der Waals surface area (Å²) < 4.78 is 42.6. The fourth-order valence-corrected chi connectivity index (χ4v) is 3.31. The van der Waals surface area contributed by atoms with Crippen molar-refractivity contribution in [1.82, 2.24) is 24.9 Å². The number of rotatable bonds is 6. The van der Waals surface area contributed by atoms with Gasteiger partial charge in [-0.2, -0.15) is 4.98 Å². The highest BCUT2D eigenvalue weighted by atomic mass is 19.4. The largest absolute Gasteiger partial charge is 0.573 e. The molecule has 8 nitrogen and oxygen atoms in total. The molecule has 0 aliphatic heterocycles. The molecule has 1 aromatic carbocycles. The Balaban J connectivity index is 1.44. The van der Waals surface area contributed by atoms with Crippen LogP contribution in [0, 0.1) is 6.92 Å². The third-order valence-corrected chi connectivity index (χ3v) is 4.85. The summed E-state index contributed by atoms with van der Waals surface area (Å²) in [5, 5.41) is 6.81. The number of anilines is 1. The molecular formula is C22H19F3N6O2. The van der Waals surface area contributed by atoms with Crippen molar-refractivity contribution in [2.45, 2.75) is 19.7 Å². The molecule has 1 amide bonds. The number of amides is 1. The Morgan fingerprint density at radius 3 is 2.79 bits per heavy atom. The monoisotopic (exact) mass is 456 g/mol. The minimum atomic E-state index is -4.76. The number of carbonyl (C=O) groups is 1. The molecule has 0 saturated carbocycles. The van der Waals surface area contributed by atoms with E-state index in [0.29, 0.717) is 34.5 Å². The van der Waals surface area contributed by atoms with Gasteiger partial charge in [-0.05, 0) is 54.8 Å². The van der Waals surface area contributed by atoms with E-state index in [4.69, 9.17) is 5.73 Å². The lowest BCUT2D eigenvalue weighted by molar-refractivity contribution is -0.274. The summed E-state index contributed by atoms with van der Waals surface area (Å²) in [5.41, 5.74) is 9.22. The smallest absolute Gasteiger partial charge is 0.406 e. The predicted molar refractivity (Wildman–Crippen MR) is 115 cm³/mol. The summed E-state index contributed by atoms with van der Waals surface area (Å²) in [7, 11) is 0. The van der Waals surface area contributed by atoms with Crippen LogP contribution < -0.4 is 15.8 Å². The maximum absolute atomic E-state index is 12.7. The highest BCUT2D eigenvalue weighted by molar-refractivity contribution is 5.96. The molecule has 0 bridgehead atoms. The predicted octanol–water partition coefficient (Wildman–Crippen LogP) is 3.55. The molecule has 33 heavy (non-hydrogen) atoms. The number of halogens is 3. The van der Waals surface area contributed by atoms with E-state index in [0.717, 1.165) is 5.56 Å². The lowest BCUT2D eigenvalue weighted by Crippen LogP contribution is -2.26. The summed E-state index contributed by atoms with van der Waals surface area (Å²) in [6.07, 6.45) is -1.06. The normalized spacial score (nSPS) is 11.5. The number of nitrogens with two attached hydrogens (primary N) is 1. The van der Waals surface area contributed by atoms with Gasteiger partial charge in [0.1, 0.15) is 5.75 Å². The van der Waals surface area contributed by atoms with Crippen molar-refractivity contribution in [2.75, 3.05) is 12.3 Å². The SMILES string of the molecule is Cc1ncc(-c2ccn3nc(N)nc3c2)cc1C(=O)NCCc1cccc(OC(F)(F)F)c1. The Morgan fingerprint density at radius 1 is 1.18 bits per heavy atom. The van der Waals surface area contributed by atoms with Gasteiger partial charge in [0.15, 0.2) is 5.65 Å². The Kier molecular flexibility index (Phi) is 5.86. The molecule has 0 radical (unpaired) electrons. The Bertz CT molecular complexity index is 1320. The van der Waals surface area contributed by atoms with Gasteiger partial charge in [0.25, 0.3) is 5.91 Å². The Morgan fingerprint density at radius 2 is 2.00 bits per heavy atom. The molecule has 0 fully saturated rings. The van der Waals surface area contributed by atoms with Crippen LogP contribution in [-0.2, 0) is 6.42 Å². The van der Waals surface area contributed by atoms with E-state index < -0.39 is 6.36 Å². The maximum atomic E-state index is 12.7. The second-order valence-electron chi connectivity index (χ2n) is 7.25. The van der Waals surface area contributed by atoms with Crippen LogP contribution in [0.15, 0.2) is 54.9 Å². The molecule has 0 aliphatic carbocycles. The molecule has 4 aromatic rings. The molecule has 0 aliphatic rings. The van der Waals surface area contributed by atoms with E-state index in [9.17, 15) is 18.0 Å². The van der Waals surface area contributed by atoms with E-state index >= 15 is 0 Å². The number of hydrogen-bond acceptors (Lipinski definition) is 6. The number of nitrogen functional groups attached to an aromatic ring is 1. The molecular weight excluding hydrogens is 437 g/mol. The first-order valence-electron chi connectivity index (χ1n) is 9.90. The highest BCUT2D eigenvalue weighted by Gasteiger charge is 2.31. The number of hydrogen-bond donors (Lipinski definition) is 2. The number of alkyl halides is 3. The van der Waals surface area contributed by atoms with E-state index in [1.165, 1.54) is 18.2 Å². The number of carbonyl (C=O) groups excluding carboxylic acids is 1. The van der Waals surface area contributed by atoms with Crippen LogP contribution in [0.3, 0.4) is 0 Å².